The van der Waals surface area contributed by atoms with Gasteiger partial charge in [0, 0.05) is 25.1 Å². The zero-order chi connectivity index (χ0) is 20.2. The average Bonchev–Trinajstić information content (AvgIpc) is 3.39. The van der Waals surface area contributed by atoms with Gasteiger partial charge in [-0.25, -0.2) is 9.78 Å². The number of hydrogen-bond acceptors (Lipinski definition) is 4. The number of aromatic carboxylic acids is 1. The summed E-state index contributed by atoms with van der Waals surface area (Å²) >= 11 is 1.67. The Balaban J connectivity index is 0.000000192. The number of benzene rings is 3. The molecule has 0 unspecified atom stereocenters. The molecule has 1 heterocycles. The molecular weight excluding hydrogens is 382 g/mol. The lowest BCUT2D eigenvalue weighted by atomic mass is 9.94. The summed E-state index contributed by atoms with van der Waals surface area (Å²) in [6.45, 7) is 0.771. The van der Waals surface area contributed by atoms with Crippen molar-refractivity contribution in [2.45, 2.75) is 12.8 Å². The van der Waals surface area contributed by atoms with Gasteiger partial charge >= 0.3 is 5.97 Å². The number of carbonyl (C=O) groups is 1. The lowest BCUT2D eigenvalue weighted by Gasteiger charge is -2.10. The highest BCUT2D eigenvalue weighted by Gasteiger charge is 2.25. The number of carboxylic acids is 1. The molecule has 5 heteroatoms. The van der Waals surface area contributed by atoms with Gasteiger partial charge in [-0.1, -0.05) is 48.5 Å². The predicted molar refractivity (Wildman–Crippen MR) is 117 cm³/mol. The number of carboxylic acid groups (broad SMARTS) is 1. The van der Waals surface area contributed by atoms with Crippen LogP contribution in [-0.4, -0.2) is 29.8 Å². The molecule has 4 nitrogen and oxygen atoms in total. The molecule has 0 aliphatic heterocycles. The van der Waals surface area contributed by atoms with Crippen molar-refractivity contribution in [3.63, 3.8) is 0 Å². The van der Waals surface area contributed by atoms with Gasteiger partial charge in [-0.2, -0.15) is 0 Å². The van der Waals surface area contributed by atoms with Gasteiger partial charge in [-0.05, 0) is 45.5 Å². The minimum absolute atomic E-state index is 0.426. The molecule has 0 amide bonds. The van der Waals surface area contributed by atoms with Crippen LogP contribution in [0.25, 0.3) is 21.9 Å². The van der Waals surface area contributed by atoms with Crippen molar-refractivity contribution >= 4 is 28.1 Å². The lowest BCUT2D eigenvalue weighted by Crippen LogP contribution is -2.02. The third-order valence-electron chi connectivity index (χ3n) is 5.04. The van der Waals surface area contributed by atoms with Crippen LogP contribution in [0.2, 0.25) is 0 Å². The molecule has 0 bridgehead atoms. The topological polar surface area (TPSA) is 59.4 Å². The molecule has 29 heavy (non-hydrogen) atoms. The largest absolute Gasteiger partial charge is 0.478 e. The molecule has 0 atom stereocenters. The first-order valence-corrected chi connectivity index (χ1v) is 10.3. The van der Waals surface area contributed by atoms with Crippen LogP contribution in [0.3, 0.4) is 0 Å². The van der Waals surface area contributed by atoms with Crippen LogP contribution in [0, 0.1) is 0 Å². The van der Waals surface area contributed by atoms with E-state index in [-0.39, 0.29) is 0 Å². The minimum atomic E-state index is -0.847. The van der Waals surface area contributed by atoms with Crippen molar-refractivity contribution in [2.75, 3.05) is 13.7 Å². The standard InChI is InChI=1S/C18H12O2.C6H9NOS/c19-18(20)16-10-12-6-2-4-8-14(12)17-13-7-3-1-5-11(13)9-15(16)17;1-8-4-2-6-7-3-5-9-6/h1-8,10H,9H2,(H,19,20);3,5H,2,4H2,1H3. The molecule has 1 aliphatic rings. The van der Waals surface area contributed by atoms with Crippen LogP contribution in [0.15, 0.2) is 66.2 Å². The number of ether oxygens (including phenoxy) is 1. The highest BCUT2D eigenvalue weighted by atomic mass is 32.1. The monoisotopic (exact) mass is 403 g/mol. The summed E-state index contributed by atoms with van der Waals surface area (Å²) in [6.07, 6.45) is 3.46. The van der Waals surface area contributed by atoms with Gasteiger partial charge in [-0.15, -0.1) is 11.3 Å². The number of hydrogen-bond donors (Lipinski definition) is 1. The fraction of sp³-hybridized carbons (Fsp3) is 0.167. The second-order valence-corrected chi connectivity index (χ2v) is 7.79. The second kappa shape index (κ2) is 8.55. The molecule has 0 saturated heterocycles. The predicted octanol–water partition coefficient (Wildman–Crippen LogP) is 5.44. The number of methoxy groups -OCH3 is 1. The van der Waals surface area contributed by atoms with Gasteiger partial charge in [0.2, 0.25) is 0 Å². The van der Waals surface area contributed by atoms with Crippen molar-refractivity contribution < 1.29 is 14.6 Å². The van der Waals surface area contributed by atoms with Gasteiger partial charge in [0.25, 0.3) is 0 Å². The van der Waals surface area contributed by atoms with Gasteiger partial charge in [0.05, 0.1) is 17.2 Å². The minimum Gasteiger partial charge on any atom is -0.478 e. The number of nitrogens with zero attached hydrogens (tertiary/aromatic N) is 1. The van der Waals surface area contributed by atoms with Crippen LogP contribution in [-0.2, 0) is 17.6 Å². The first-order valence-electron chi connectivity index (χ1n) is 9.42. The van der Waals surface area contributed by atoms with E-state index in [4.69, 9.17) is 4.74 Å². The molecule has 1 N–H and O–H groups in total. The Kier molecular flexibility index (Phi) is 5.69. The van der Waals surface area contributed by atoms with Gasteiger partial charge in [0.15, 0.2) is 0 Å². The fourth-order valence-electron chi connectivity index (χ4n) is 3.75. The summed E-state index contributed by atoms with van der Waals surface area (Å²) in [4.78, 5) is 15.6. The van der Waals surface area contributed by atoms with Crippen LogP contribution < -0.4 is 0 Å². The van der Waals surface area contributed by atoms with E-state index in [2.05, 4.69) is 23.2 Å². The number of rotatable bonds is 4. The highest BCUT2D eigenvalue weighted by Crippen LogP contribution is 2.43. The molecule has 0 saturated carbocycles. The Morgan fingerprint density at radius 2 is 1.97 bits per heavy atom. The van der Waals surface area contributed by atoms with Crippen LogP contribution in [0.4, 0.5) is 0 Å². The maximum atomic E-state index is 11.6. The van der Waals surface area contributed by atoms with E-state index in [1.165, 1.54) is 11.1 Å². The maximum absolute atomic E-state index is 11.6. The third-order valence-corrected chi connectivity index (χ3v) is 5.88. The summed E-state index contributed by atoms with van der Waals surface area (Å²) in [6, 6.07) is 18.0. The SMILES string of the molecule is COCCc1nccs1.O=C(O)c1cc2ccccc2c2c1Cc1ccccc1-2. The first-order chi connectivity index (χ1) is 14.2. The van der Waals surface area contributed by atoms with Crippen molar-refractivity contribution in [1.82, 2.24) is 4.98 Å². The summed E-state index contributed by atoms with van der Waals surface area (Å²) < 4.78 is 4.88. The number of aromatic nitrogens is 1. The van der Waals surface area contributed by atoms with E-state index in [9.17, 15) is 9.90 Å². The Morgan fingerprint density at radius 1 is 1.17 bits per heavy atom. The Morgan fingerprint density at radius 3 is 2.72 bits per heavy atom. The van der Waals surface area contributed by atoms with Crippen LogP contribution in [0.5, 0.6) is 0 Å². The second-order valence-electron chi connectivity index (χ2n) is 6.81. The Labute approximate surface area is 173 Å². The zero-order valence-electron chi connectivity index (χ0n) is 16.1. The van der Waals surface area contributed by atoms with E-state index in [0.29, 0.717) is 12.0 Å². The molecule has 0 fully saturated rings. The van der Waals surface area contributed by atoms with Crippen molar-refractivity contribution in [2.24, 2.45) is 0 Å². The highest BCUT2D eigenvalue weighted by molar-refractivity contribution is 7.09. The molecule has 1 aromatic heterocycles. The van der Waals surface area contributed by atoms with Crippen molar-refractivity contribution in [1.29, 1.82) is 0 Å². The van der Waals surface area contributed by atoms with Crippen LogP contribution >= 0.6 is 11.3 Å². The average molecular weight is 404 g/mol. The Bertz CT molecular complexity index is 1150. The van der Waals surface area contributed by atoms with E-state index in [1.807, 2.05) is 41.9 Å². The first kappa shape index (κ1) is 19.3. The zero-order valence-corrected chi connectivity index (χ0v) is 16.9. The molecule has 146 valence electrons. The van der Waals surface area contributed by atoms with Crippen molar-refractivity contribution in [3.05, 3.63) is 87.9 Å². The molecule has 4 aromatic rings. The number of fused-ring (bicyclic) bond motifs is 5. The molecule has 1 aliphatic carbocycles. The number of thiazole rings is 1. The lowest BCUT2D eigenvalue weighted by molar-refractivity contribution is 0.0696. The van der Waals surface area contributed by atoms with E-state index in [1.54, 1.807) is 24.5 Å². The molecule has 0 radical (unpaired) electrons. The molecule has 3 aromatic carbocycles. The van der Waals surface area contributed by atoms with Crippen LogP contribution in [0.1, 0.15) is 26.5 Å². The molecule has 5 rings (SSSR count). The summed E-state index contributed by atoms with van der Waals surface area (Å²) in [5, 5.41) is 14.7. The Hall–Kier alpha value is -3.02. The van der Waals surface area contributed by atoms with E-state index >= 15 is 0 Å². The molecular formula is C24H21NO3S. The summed E-state index contributed by atoms with van der Waals surface area (Å²) in [7, 11) is 1.70. The molecule has 0 spiro atoms. The fourth-order valence-corrected chi connectivity index (χ4v) is 4.35. The van der Waals surface area contributed by atoms with Crippen molar-refractivity contribution in [3.8, 4) is 11.1 Å². The third kappa shape index (κ3) is 3.92. The smallest absolute Gasteiger partial charge is 0.336 e. The summed E-state index contributed by atoms with van der Waals surface area (Å²) in [5.41, 5.74) is 4.84. The van der Waals surface area contributed by atoms with Gasteiger partial charge < -0.3 is 9.84 Å². The maximum Gasteiger partial charge on any atom is 0.336 e. The van der Waals surface area contributed by atoms with E-state index < -0.39 is 5.97 Å². The van der Waals surface area contributed by atoms with Gasteiger partial charge in [-0.3, -0.25) is 0 Å². The quantitative estimate of drug-likeness (QED) is 0.434. The van der Waals surface area contributed by atoms with Gasteiger partial charge in [0.1, 0.15) is 0 Å². The normalized spacial score (nSPS) is 11.5. The summed E-state index contributed by atoms with van der Waals surface area (Å²) in [5.74, 6) is -0.847. The van der Waals surface area contributed by atoms with E-state index in [0.717, 1.165) is 39.9 Å².